The van der Waals surface area contributed by atoms with Gasteiger partial charge in [-0.2, -0.15) is 0 Å². The molecule has 0 aliphatic rings. The van der Waals surface area contributed by atoms with E-state index in [0.29, 0.717) is 5.56 Å². The summed E-state index contributed by atoms with van der Waals surface area (Å²) in [6.45, 7) is 1.16. The van der Waals surface area contributed by atoms with E-state index in [1.807, 2.05) is 0 Å². The van der Waals surface area contributed by atoms with E-state index in [4.69, 9.17) is 0 Å². The average molecular weight is 221 g/mol. The molecule has 0 aromatic heterocycles. The largest absolute Gasteiger partial charge is 0.461 e. The zero-order valence-electron chi connectivity index (χ0n) is 8.75. The van der Waals surface area contributed by atoms with Crippen LogP contribution in [0.4, 0.5) is 0 Å². The van der Waals surface area contributed by atoms with Crippen molar-refractivity contribution >= 4 is 11.7 Å². The highest BCUT2D eigenvalue weighted by Crippen LogP contribution is 2.13. The Morgan fingerprint density at radius 3 is 2.56 bits per heavy atom. The molecule has 0 saturated carbocycles. The van der Waals surface area contributed by atoms with E-state index in [9.17, 15) is 14.9 Å². The van der Waals surface area contributed by atoms with Gasteiger partial charge >= 0.3 is 5.97 Å². The highest BCUT2D eigenvalue weighted by molar-refractivity contribution is 5.66. The van der Waals surface area contributed by atoms with Crippen LogP contribution in [0, 0.1) is 10.1 Å². The summed E-state index contributed by atoms with van der Waals surface area (Å²) in [7, 11) is 0. The summed E-state index contributed by atoms with van der Waals surface area (Å²) in [4.78, 5) is 20.8. The normalized spacial score (nSPS) is 10.9. The lowest BCUT2D eigenvalue weighted by atomic mass is 10.1. The van der Waals surface area contributed by atoms with Crippen LogP contribution in [0.2, 0.25) is 0 Å². The number of ether oxygens (including phenoxy) is 1. The lowest BCUT2D eigenvalue weighted by Gasteiger charge is -1.99. The van der Waals surface area contributed by atoms with Crippen LogP contribution < -0.4 is 0 Å². The van der Waals surface area contributed by atoms with Gasteiger partial charge in [0.15, 0.2) is 0 Å². The molecular weight excluding hydrogens is 210 g/mol. The van der Waals surface area contributed by atoms with Crippen LogP contribution in [0.5, 0.6) is 0 Å². The van der Waals surface area contributed by atoms with Crippen molar-refractivity contribution < 1.29 is 14.5 Å². The van der Waals surface area contributed by atoms with Crippen molar-refractivity contribution in [1.82, 2.24) is 0 Å². The minimum absolute atomic E-state index is 0.0677. The molecule has 1 rings (SSSR count). The van der Waals surface area contributed by atoms with Crippen LogP contribution in [0.1, 0.15) is 12.5 Å². The fraction of sp³-hybridized carbons (Fsp3) is 0.182. The molecule has 0 heterocycles. The monoisotopic (exact) mass is 221 g/mol. The average Bonchev–Trinajstić information content (AvgIpc) is 2.25. The van der Waals surface area contributed by atoms with Crippen molar-refractivity contribution in [2.45, 2.75) is 6.92 Å². The number of carbonyl (C=O) groups excluding carboxylic acids is 1. The predicted molar refractivity (Wildman–Crippen MR) is 58.0 cm³/mol. The van der Waals surface area contributed by atoms with Crippen LogP contribution in [0.3, 0.4) is 0 Å². The number of nitrogens with zero attached hydrogens (tertiary/aromatic N) is 1. The maximum absolute atomic E-state index is 10.8. The molecule has 0 bridgehead atoms. The van der Waals surface area contributed by atoms with Gasteiger partial charge in [-0.1, -0.05) is 18.2 Å². The molecule has 5 nitrogen and oxygen atoms in total. The molecule has 1 aromatic carbocycles. The van der Waals surface area contributed by atoms with Gasteiger partial charge in [0.05, 0.1) is 10.5 Å². The highest BCUT2D eigenvalue weighted by Gasteiger charge is 2.12. The zero-order chi connectivity index (χ0) is 12.0. The second kappa shape index (κ2) is 5.65. The van der Waals surface area contributed by atoms with Crippen LogP contribution in [-0.4, -0.2) is 17.5 Å². The fourth-order valence-electron chi connectivity index (χ4n) is 1.14. The van der Waals surface area contributed by atoms with Gasteiger partial charge in [0, 0.05) is 13.0 Å². The van der Waals surface area contributed by atoms with Crippen molar-refractivity contribution in [2.24, 2.45) is 0 Å². The molecule has 1 aromatic rings. The van der Waals surface area contributed by atoms with E-state index in [-0.39, 0.29) is 12.3 Å². The van der Waals surface area contributed by atoms with Crippen molar-refractivity contribution in [3.63, 3.8) is 0 Å². The number of esters is 1. The summed E-state index contributed by atoms with van der Waals surface area (Å²) in [5, 5.41) is 10.8. The number of hydrogen-bond donors (Lipinski definition) is 0. The Kier molecular flexibility index (Phi) is 4.20. The minimum atomic E-state index is -0.501. The quantitative estimate of drug-likeness (QED) is 0.442. The number of benzene rings is 1. The van der Waals surface area contributed by atoms with Crippen LogP contribution >= 0.6 is 0 Å². The zero-order valence-corrected chi connectivity index (χ0v) is 8.75. The third-order valence-corrected chi connectivity index (χ3v) is 1.83. The molecule has 5 heteroatoms. The van der Waals surface area contributed by atoms with Crippen LogP contribution in [-0.2, 0) is 9.53 Å². The van der Waals surface area contributed by atoms with E-state index in [1.54, 1.807) is 30.3 Å². The first-order chi connectivity index (χ1) is 7.61. The third-order valence-electron chi connectivity index (χ3n) is 1.83. The van der Waals surface area contributed by atoms with E-state index >= 15 is 0 Å². The molecule has 0 saturated heterocycles. The Balaban J connectivity index is 2.84. The predicted octanol–water partition coefficient (Wildman–Crippen LogP) is 1.87. The Hall–Kier alpha value is -2.17. The summed E-state index contributed by atoms with van der Waals surface area (Å²) in [5.74, 6) is -0.466. The molecule has 0 amide bonds. The maximum Gasteiger partial charge on any atom is 0.302 e. The van der Waals surface area contributed by atoms with Gasteiger partial charge in [-0.25, -0.2) is 0 Å². The van der Waals surface area contributed by atoms with Crippen LogP contribution in [0.25, 0.3) is 5.70 Å². The molecule has 0 aliphatic carbocycles. The molecule has 0 aliphatic heterocycles. The van der Waals surface area contributed by atoms with E-state index in [1.165, 1.54) is 13.0 Å². The Bertz CT molecular complexity index is 411. The van der Waals surface area contributed by atoms with E-state index in [2.05, 4.69) is 4.74 Å². The topological polar surface area (TPSA) is 69.4 Å². The highest BCUT2D eigenvalue weighted by atomic mass is 16.6. The molecule has 0 unspecified atom stereocenters. The lowest BCUT2D eigenvalue weighted by Crippen LogP contribution is -2.03. The second-order valence-corrected chi connectivity index (χ2v) is 3.02. The van der Waals surface area contributed by atoms with Gasteiger partial charge in [0.25, 0.3) is 5.70 Å². The minimum Gasteiger partial charge on any atom is -0.461 e. The number of hydrogen-bond acceptors (Lipinski definition) is 4. The van der Waals surface area contributed by atoms with Gasteiger partial charge in [0.2, 0.25) is 0 Å². The summed E-state index contributed by atoms with van der Waals surface area (Å²) in [6.07, 6.45) is 1.27. The Labute approximate surface area is 92.5 Å². The Morgan fingerprint density at radius 1 is 1.44 bits per heavy atom. The Morgan fingerprint density at radius 2 is 2.06 bits per heavy atom. The van der Waals surface area contributed by atoms with Crippen LogP contribution in [0.15, 0.2) is 36.4 Å². The summed E-state index contributed by atoms with van der Waals surface area (Å²) >= 11 is 0. The molecule has 0 radical (unpaired) electrons. The standard InChI is InChI=1S/C11H11NO4/c1-9(13)16-8-7-11(12(14)15)10-5-3-2-4-6-10/h2-7H,8H2,1H3/b11-7+. The van der Waals surface area contributed by atoms with Crippen molar-refractivity contribution in [1.29, 1.82) is 0 Å². The van der Waals surface area contributed by atoms with E-state index in [0.717, 1.165) is 0 Å². The van der Waals surface area contributed by atoms with Gasteiger partial charge < -0.3 is 4.74 Å². The van der Waals surface area contributed by atoms with Crippen molar-refractivity contribution in [3.8, 4) is 0 Å². The maximum atomic E-state index is 10.8. The van der Waals surface area contributed by atoms with Gasteiger partial charge in [0.1, 0.15) is 6.61 Å². The molecule has 0 spiro atoms. The number of nitro groups is 1. The van der Waals surface area contributed by atoms with Gasteiger partial charge in [-0.05, 0) is 12.1 Å². The molecule has 84 valence electrons. The first-order valence-corrected chi connectivity index (χ1v) is 4.64. The summed E-state index contributed by atoms with van der Waals surface area (Å²) in [5.41, 5.74) is 0.418. The van der Waals surface area contributed by atoms with Crippen molar-refractivity contribution in [3.05, 3.63) is 52.1 Å². The number of carbonyl (C=O) groups is 1. The number of rotatable bonds is 4. The van der Waals surface area contributed by atoms with E-state index < -0.39 is 10.9 Å². The van der Waals surface area contributed by atoms with Gasteiger partial charge in [-0.3, -0.25) is 14.9 Å². The molecule has 16 heavy (non-hydrogen) atoms. The fourth-order valence-corrected chi connectivity index (χ4v) is 1.14. The lowest BCUT2D eigenvalue weighted by molar-refractivity contribution is -0.375. The molecular formula is C11H11NO4. The summed E-state index contributed by atoms with van der Waals surface area (Å²) < 4.78 is 4.62. The second-order valence-electron chi connectivity index (χ2n) is 3.02. The first-order valence-electron chi connectivity index (χ1n) is 4.64. The molecule has 0 fully saturated rings. The smallest absolute Gasteiger partial charge is 0.302 e. The van der Waals surface area contributed by atoms with Gasteiger partial charge in [-0.15, -0.1) is 0 Å². The summed E-state index contributed by atoms with van der Waals surface area (Å²) in [6, 6.07) is 8.44. The molecule has 0 atom stereocenters. The van der Waals surface area contributed by atoms with Crippen molar-refractivity contribution in [2.75, 3.05) is 6.61 Å². The molecule has 0 N–H and O–H groups in total. The SMILES string of the molecule is CC(=O)OC/C=C(\c1ccccc1)[N+](=O)[O-]. The third kappa shape index (κ3) is 3.53. The first kappa shape index (κ1) is 11.9.